The molecule has 0 aliphatic carbocycles. The molecule has 2 aliphatic rings. The molecule has 2 heterocycles. The van der Waals surface area contributed by atoms with Gasteiger partial charge < -0.3 is 4.74 Å². The van der Waals surface area contributed by atoms with Gasteiger partial charge in [0.15, 0.2) is 0 Å². The van der Waals surface area contributed by atoms with E-state index in [1.807, 2.05) is 0 Å². The van der Waals surface area contributed by atoms with Gasteiger partial charge in [0.05, 0.1) is 13.2 Å². The highest BCUT2D eigenvalue weighted by atomic mass is 16.5. The number of benzene rings is 1. The van der Waals surface area contributed by atoms with E-state index in [0.29, 0.717) is 12.1 Å². The molecule has 2 saturated heterocycles. The first kappa shape index (κ1) is 10.3. The molecule has 86 valence electrons. The van der Waals surface area contributed by atoms with Gasteiger partial charge in [-0.15, -0.1) is 0 Å². The lowest BCUT2D eigenvalue weighted by atomic mass is 10.1. The highest BCUT2D eigenvalue weighted by Gasteiger charge is 2.36. The van der Waals surface area contributed by atoms with Crippen LogP contribution in [0.25, 0.3) is 0 Å². The molecule has 1 aromatic carbocycles. The van der Waals surface area contributed by atoms with Crippen LogP contribution in [0, 0.1) is 0 Å². The first-order valence-electron chi connectivity index (χ1n) is 6.31. The first-order chi connectivity index (χ1) is 7.93. The van der Waals surface area contributed by atoms with E-state index in [4.69, 9.17) is 4.74 Å². The number of nitrogens with zero attached hydrogens (tertiary/aromatic N) is 1. The molecule has 0 aromatic heterocycles. The van der Waals surface area contributed by atoms with Crippen molar-refractivity contribution in [1.29, 1.82) is 0 Å². The monoisotopic (exact) mass is 217 g/mol. The second kappa shape index (κ2) is 4.56. The number of ether oxygens (including phenoxy) is 1. The third kappa shape index (κ3) is 2.00. The summed E-state index contributed by atoms with van der Waals surface area (Å²) >= 11 is 0. The minimum Gasteiger partial charge on any atom is -0.378 e. The van der Waals surface area contributed by atoms with E-state index in [2.05, 4.69) is 35.2 Å². The van der Waals surface area contributed by atoms with Crippen LogP contribution in [-0.4, -0.2) is 36.7 Å². The molecular weight excluding hydrogens is 198 g/mol. The van der Waals surface area contributed by atoms with E-state index in [9.17, 15) is 0 Å². The zero-order valence-corrected chi connectivity index (χ0v) is 9.64. The predicted octanol–water partition coefficient (Wildman–Crippen LogP) is 2.09. The van der Waals surface area contributed by atoms with Gasteiger partial charge >= 0.3 is 0 Å². The molecule has 0 saturated carbocycles. The Morgan fingerprint density at radius 1 is 1.06 bits per heavy atom. The lowest BCUT2D eigenvalue weighted by molar-refractivity contribution is -0.0137. The molecule has 1 aromatic rings. The summed E-state index contributed by atoms with van der Waals surface area (Å²) in [6, 6.07) is 12.2. The molecule has 0 amide bonds. The molecule has 2 nitrogen and oxygen atoms in total. The number of hydrogen-bond acceptors (Lipinski definition) is 2. The molecule has 2 bridgehead atoms. The summed E-state index contributed by atoms with van der Waals surface area (Å²) in [5, 5.41) is 0. The van der Waals surface area contributed by atoms with Gasteiger partial charge in [0, 0.05) is 18.6 Å². The van der Waals surface area contributed by atoms with Gasteiger partial charge in [0.2, 0.25) is 0 Å². The van der Waals surface area contributed by atoms with Crippen LogP contribution in [-0.2, 0) is 11.2 Å². The second-order valence-corrected chi connectivity index (χ2v) is 4.90. The lowest BCUT2D eigenvalue weighted by Crippen LogP contribution is -2.46. The summed E-state index contributed by atoms with van der Waals surface area (Å²) < 4.78 is 5.60. The van der Waals surface area contributed by atoms with E-state index in [0.717, 1.165) is 13.2 Å². The third-order valence-corrected chi connectivity index (χ3v) is 3.89. The Kier molecular flexibility index (Phi) is 2.94. The van der Waals surface area contributed by atoms with E-state index >= 15 is 0 Å². The van der Waals surface area contributed by atoms with Crippen LogP contribution in [0.3, 0.4) is 0 Å². The van der Waals surface area contributed by atoms with Gasteiger partial charge in [-0.25, -0.2) is 0 Å². The van der Waals surface area contributed by atoms with Crippen molar-refractivity contribution in [2.24, 2.45) is 0 Å². The zero-order valence-electron chi connectivity index (χ0n) is 9.64. The summed E-state index contributed by atoms with van der Waals surface area (Å²) in [7, 11) is 0. The van der Waals surface area contributed by atoms with Crippen molar-refractivity contribution >= 4 is 0 Å². The van der Waals surface area contributed by atoms with Crippen LogP contribution < -0.4 is 0 Å². The maximum absolute atomic E-state index is 5.60. The fraction of sp³-hybridized carbons (Fsp3) is 0.571. The summed E-state index contributed by atoms with van der Waals surface area (Å²) in [6.45, 7) is 3.10. The van der Waals surface area contributed by atoms with Crippen molar-refractivity contribution < 1.29 is 4.74 Å². The first-order valence-corrected chi connectivity index (χ1v) is 6.31. The lowest BCUT2D eigenvalue weighted by Gasteiger charge is -2.34. The molecule has 0 spiro atoms. The Bertz CT molecular complexity index is 322. The van der Waals surface area contributed by atoms with Crippen LogP contribution in [0.4, 0.5) is 0 Å². The maximum Gasteiger partial charge on any atom is 0.0622 e. The largest absolute Gasteiger partial charge is 0.378 e. The van der Waals surface area contributed by atoms with E-state index in [1.165, 1.54) is 31.4 Å². The molecular formula is C14H19NO. The Morgan fingerprint density at radius 2 is 1.75 bits per heavy atom. The highest BCUT2D eigenvalue weighted by Crippen LogP contribution is 2.28. The molecule has 2 heteroatoms. The topological polar surface area (TPSA) is 12.5 Å². The number of hydrogen-bond donors (Lipinski definition) is 0. The normalized spacial score (nSPS) is 29.5. The van der Waals surface area contributed by atoms with Gasteiger partial charge in [-0.05, 0) is 24.8 Å². The van der Waals surface area contributed by atoms with Gasteiger partial charge in [-0.2, -0.15) is 0 Å². The van der Waals surface area contributed by atoms with Crippen LogP contribution in [0.5, 0.6) is 0 Å². The van der Waals surface area contributed by atoms with E-state index < -0.39 is 0 Å². The fourth-order valence-electron chi connectivity index (χ4n) is 2.98. The van der Waals surface area contributed by atoms with Crippen molar-refractivity contribution in [3.8, 4) is 0 Å². The summed E-state index contributed by atoms with van der Waals surface area (Å²) in [5.41, 5.74) is 1.45. The van der Waals surface area contributed by atoms with Crippen LogP contribution in [0.15, 0.2) is 30.3 Å². The fourth-order valence-corrected chi connectivity index (χ4v) is 2.98. The SMILES string of the molecule is c1ccc(CCN2C3CCC2COC3)cc1. The van der Waals surface area contributed by atoms with Crippen LogP contribution in [0.2, 0.25) is 0 Å². The van der Waals surface area contributed by atoms with Crippen molar-refractivity contribution in [2.75, 3.05) is 19.8 Å². The highest BCUT2D eigenvalue weighted by molar-refractivity contribution is 5.15. The van der Waals surface area contributed by atoms with Gasteiger partial charge in [-0.3, -0.25) is 4.90 Å². The van der Waals surface area contributed by atoms with Crippen molar-refractivity contribution in [3.63, 3.8) is 0 Å². The summed E-state index contributed by atoms with van der Waals surface area (Å²) in [5.74, 6) is 0. The number of morpholine rings is 1. The summed E-state index contributed by atoms with van der Waals surface area (Å²) in [6.07, 6.45) is 3.84. The van der Waals surface area contributed by atoms with Crippen molar-refractivity contribution in [2.45, 2.75) is 31.3 Å². The molecule has 3 rings (SSSR count). The molecule has 16 heavy (non-hydrogen) atoms. The van der Waals surface area contributed by atoms with Crippen LogP contribution in [0.1, 0.15) is 18.4 Å². The quantitative estimate of drug-likeness (QED) is 0.768. The van der Waals surface area contributed by atoms with E-state index in [-0.39, 0.29) is 0 Å². The third-order valence-electron chi connectivity index (χ3n) is 3.89. The minimum atomic E-state index is 0.697. The number of fused-ring (bicyclic) bond motifs is 2. The Labute approximate surface area is 97.2 Å². The molecule has 0 N–H and O–H groups in total. The Balaban J connectivity index is 1.59. The Hall–Kier alpha value is -0.860. The van der Waals surface area contributed by atoms with Crippen LogP contribution >= 0.6 is 0 Å². The van der Waals surface area contributed by atoms with Crippen molar-refractivity contribution in [3.05, 3.63) is 35.9 Å². The molecule has 2 aliphatic heterocycles. The molecule has 2 atom stereocenters. The van der Waals surface area contributed by atoms with Crippen molar-refractivity contribution in [1.82, 2.24) is 4.90 Å². The Morgan fingerprint density at radius 3 is 2.44 bits per heavy atom. The average Bonchev–Trinajstić information content (AvgIpc) is 2.57. The molecule has 2 fully saturated rings. The smallest absolute Gasteiger partial charge is 0.0622 e. The minimum absolute atomic E-state index is 0.697. The maximum atomic E-state index is 5.60. The predicted molar refractivity (Wildman–Crippen MR) is 64.5 cm³/mol. The number of rotatable bonds is 3. The van der Waals surface area contributed by atoms with Gasteiger partial charge in [-0.1, -0.05) is 30.3 Å². The average molecular weight is 217 g/mol. The molecule has 0 radical (unpaired) electrons. The standard InChI is InChI=1S/C14H19NO/c1-2-4-12(5-3-1)8-9-15-13-6-7-14(15)11-16-10-13/h1-5,13-14H,6-11H2. The van der Waals surface area contributed by atoms with E-state index in [1.54, 1.807) is 0 Å². The van der Waals surface area contributed by atoms with Gasteiger partial charge in [0.1, 0.15) is 0 Å². The second-order valence-electron chi connectivity index (χ2n) is 4.90. The molecule has 2 unspecified atom stereocenters. The zero-order chi connectivity index (χ0) is 10.8. The summed E-state index contributed by atoms with van der Waals surface area (Å²) in [4.78, 5) is 2.66. The van der Waals surface area contributed by atoms with Gasteiger partial charge in [0.25, 0.3) is 0 Å².